The maximum Gasteiger partial charge on any atom is 0.341 e. The van der Waals surface area contributed by atoms with Crippen molar-refractivity contribution < 1.29 is 14.4 Å². The number of likely N-dealkylation sites (tertiary alicyclic amines) is 1. The van der Waals surface area contributed by atoms with Crippen molar-refractivity contribution >= 4 is 11.5 Å². The molecule has 0 aliphatic carbocycles. The first-order chi connectivity index (χ1) is 13.7. The molecule has 0 saturated carbocycles. The first-order valence-corrected chi connectivity index (χ1v) is 9.44. The number of aromatic nitrogens is 2. The van der Waals surface area contributed by atoms with Crippen molar-refractivity contribution in [2.45, 2.75) is 25.9 Å². The Morgan fingerprint density at radius 3 is 2.57 bits per heavy atom. The second-order valence-electron chi connectivity index (χ2n) is 6.94. The highest BCUT2D eigenvalue weighted by Gasteiger charge is 2.23. The van der Waals surface area contributed by atoms with Crippen molar-refractivity contribution in [2.75, 3.05) is 20.2 Å². The summed E-state index contributed by atoms with van der Waals surface area (Å²) in [6, 6.07) is 14.2. The highest BCUT2D eigenvalue weighted by Crippen LogP contribution is 2.27. The van der Waals surface area contributed by atoms with Crippen LogP contribution in [0.15, 0.2) is 48.7 Å². The minimum atomic E-state index is -0.199. The van der Waals surface area contributed by atoms with Crippen LogP contribution in [0.2, 0.25) is 0 Å². The number of benzene rings is 1. The number of fused-ring (bicyclic) bond motifs is 1. The molecule has 7 heteroatoms. The summed E-state index contributed by atoms with van der Waals surface area (Å²) in [6.45, 7) is 3.38. The number of pyridine rings is 1. The van der Waals surface area contributed by atoms with E-state index in [-0.39, 0.29) is 12.1 Å². The first-order valence-electron chi connectivity index (χ1n) is 9.44. The molecule has 1 fully saturated rings. The van der Waals surface area contributed by atoms with Crippen molar-refractivity contribution in [3.05, 3.63) is 54.4 Å². The summed E-state index contributed by atoms with van der Waals surface area (Å²) < 4.78 is 8.07. The fraction of sp³-hybridized carbons (Fsp3) is 0.333. The van der Waals surface area contributed by atoms with Gasteiger partial charge in [-0.15, -0.1) is 0 Å². The van der Waals surface area contributed by atoms with E-state index in [0.717, 1.165) is 40.9 Å². The van der Waals surface area contributed by atoms with Gasteiger partial charge in [-0.05, 0) is 36.8 Å². The van der Waals surface area contributed by atoms with E-state index in [2.05, 4.69) is 46.6 Å². The van der Waals surface area contributed by atoms with Crippen LogP contribution in [0.4, 0.5) is 4.79 Å². The predicted octanol–water partition coefficient (Wildman–Crippen LogP) is 3.42. The molecule has 7 nitrogen and oxygen atoms in total. The van der Waals surface area contributed by atoms with Crippen molar-refractivity contribution in [1.82, 2.24) is 20.0 Å². The second-order valence-corrected chi connectivity index (χ2v) is 6.94. The van der Waals surface area contributed by atoms with Gasteiger partial charge in [0.2, 0.25) is 0 Å². The van der Waals surface area contributed by atoms with E-state index in [9.17, 15) is 4.79 Å². The van der Waals surface area contributed by atoms with Gasteiger partial charge in [-0.1, -0.05) is 18.2 Å². The number of carbonyl (C=O) groups is 1. The zero-order valence-corrected chi connectivity index (χ0v) is 16.1. The maximum atomic E-state index is 11.8. The van der Waals surface area contributed by atoms with Crippen LogP contribution in [0.3, 0.4) is 0 Å². The predicted molar refractivity (Wildman–Crippen MR) is 106 cm³/mol. The number of ether oxygens (including phenoxy) is 1. The Labute approximate surface area is 163 Å². The molecular weight excluding hydrogens is 356 g/mol. The number of nitrogens with zero attached hydrogens (tertiary/aromatic N) is 3. The topological polar surface area (TPSA) is 68.1 Å². The Balaban J connectivity index is 1.40. The molecule has 28 heavy (non-hydrogen) atoms. The Morgan fingerprint density at radius 2 is 1.86 bits per heavy atom. The lowest BCUT2D eigenvalue weighted by molar-refractivity contribution is 0.0668. The third kappa shape index (κ3) is 3.66. The summed E-state index contributed by atoms with van der Waals surface area (Å²) in [5, 5.41) is 4.38. The summed E-state index contributed by atoms with van der Waals surface area (Å²) in [4.78, 5) is 18.2. The number of aryl methyl sites for hydroxylation is 1. The molecule has 1 aromatic carbocycles. The summed E-state index contributed by atoms with van der Waals surface area (Å²) in [7, 11) is 1.44. The van der Waals surface area contributed by atoms with Crippen molar-refractivity contribution in [3.8, 4) is 16.9 Å². The number of hydroxylamine groups is 1. The molecule has 1 aliphatic rings. The van der Waals surface area contributed by atoms with Gasteiger partial charge in [-0.25, -0.2) is 14.8 Å². The number of rotatable bonds is 4. The van der Waals surface area contributed by atoms with Crippen LogP contribution in [0.5, 0.6) is 5.75 Å². The molecule has 1 aliphatic heterocycles. The molecule has 0 atom stereocenters. The van der Waals surface area contributed by atoms with Crippen LogP contribution in [-0.4, -0.2) is 46.8 Å². The number of amides is 2. The van der Waals surface area contributed by atoms with E-state index in [1.807, 2.05) is 28.9 Å². The molecule has 1 saturated heterocycles. The third-order valence-electron chi connectivity index (χ3n) is 5.19. The minimum absolute atomic E-state index is 0.111. The Bertz CT molecular complexity index is 959. The zero-order chi connectivity index (χ0) is 19.5. The van der Waals surface area contributed by atoms with Gasteiger partial charge in [0, 0.05) is 43.4 Å². The van der Waals surface area contributed by atoms with Crippen LogP contribution in [0, 0.1) is 6.92 Å². The lowest BCUT2D eigenvalue weighted by Crippen LogP contribution is -2.46. The van der Waals surface area contributed by atoms with E-state index >= 15 is 0 Å². The van der Waals surface area contributed by atoms with Gasteiger partial charge >= 0.3 is 6.03 Å². The monoisotopic (exact) mass is 380 g/mol. The SMILES string of the molecule is CONC(=O)N1CCC(Oc2ccc(-c3ccc4ccnn4c3C)cc2)CC1. The van der Waals surface area contributed by atoms with Crippen molar-refractivity contribution in [3.63, 3.8) is 0 Å². The molecule has 3 heterocycles. The van der Waals surface area contributed by atoms with E-state index in [1.54, 1.807) is 4.90 Å². The summed E-state index contributed by atoms with van der Waals surface area (Å²) in [5.74, 6) is 0.848. The van der Waals surface area contributed by atoms with Gasteiger partial charge in [-0.3, -0.25) is 4.84 Å². The summed E-state index contributed by atoms with van der Waals surface area (Å²) in [5.41, 5.74) is 6.84. The van der Waals surface area contributed by atoms with E-state index in [1.165, 1.54) is 7.11 Å². The fourth-order valence-electron chi connectivity index (χ4n) is 3.66. The third-order valence-corrected chi connectivity index (χ3v) is 5.19. The maximum absolute atomic E-state index is 11.8. The van der Waals surface area contributed by atoms with Crippen LogP contribution >= 0.6 is 0 Å². The van der Waals surface area contributed by atoms with Gasteiger partial charge in [0.05, 0.1) is 12.6 Å². The van der Waals surface area contributed by atoms with Crippen LogP contribution in [0.1, 0.15) is 18.5 Å². The molecule has 2 amide bonds. The molecule has 0 bridgehead atoms. The molecule has 0 radical (unpaired) electrons. The molecule has 146 valence electrons. The highest BCUT2D eigenvalue weighted by atomic mass is 16.6. The highest BCUT2D eigenvalue weighted by molar-refractivity contribution is 5.73. The molecule has 0 unspecified atom stereocenters. The average Bonchev–Trinajstić information content (AvgIpc) is 3.20. The molecule has 0 spiro atoms. The number of hydrogen-bond donors (Lipinski definition) is 1. The van der Waals surface area contributed by atoms with Crippen LogP contribution in [0.25, 0.3) is 16.6 Å². The lowest BCUT2D eigenvalue weighted by atomic mass is 10.0. The lowest BCUT2D eigenvalue weighted by Gasteiger charge is -2.31. The van der Waals surface area contributed by atoms with Crippen LogP contribution < -0.4 is 10.2 Å². The van der Waals surface area contributed by atoms with E-state index in [0.29, 0.717) is 13.1 Å². The Hall–Kier alpha value is -3.06. The average molecular weight is 380 g/mol. The van der Waals surface area contributed by atoms with E-state index in [4.69, 9.17) is 4.74 Å². The van der Waals surface area contributed by atoms with Gasteiger partial charge in [0.1, 0.15) is 11.9 Å². The van der Waals surface area contributed by atoms with Crippen molar-refractivity contribution in [1.29, 1.82) is 0 Å². The number of carbonyl (C=O) groups excluding carboxylic acids is 1. The summed E-state index contributed by atoms with van der Waals surface area (Å²) >= 11 is 0. The summed E-state index contributed by atoms with van der Waals surface area (Å²) in [6.07, 6.45) is 3.52. The molecule has 2 aromatic heterocycles. The molecule has 1 N–H and O–H groups in total. The van der Waals surface area contributed by atoms with E-state index < -0.39 is 0 Å². The van der Waals surface area contributed by atoms with Crippen LogP contribution in [-0.2, 0) is 4.84 Å². The van der Waals surface area contributed by atoms with Crippen molar-refractivity contribution in [2.24, 2.45) is 0 Å². The van der Waals surface area contributed by atoms with Gasteiger partial charge in [0.15, 0.2) is 0 Å². The largest absolute Gasteiger partial charge is 0.490 e. The van der Waals surface area contributed by atoms with Gasteiger partial charge in [0.25, 0.3) is 0 Å². The Morgan fingerprint density at radius 1 is 1.11 bits per heavy atom. The van der Waals surface area contributed by atoms with Gasteiger partial charge < -0.3 is 9.64 Å². The number of urea groups is 1. The quantitative estimate of drug-likeness (QED) is 0.704. The number of nitrogens with one attached hydrogen (secondary N) is 1. The number of hydrogen-bond acceptors (Lipinski definition) is 4. The molecule has 4 rings (SSSR count). The van der Waals surface area contributed by atoms with Gasteiger partial charge in [-0.2, -0.15) is 5.10 Å². The number of piperidine rings is 1. The zero-order valence-electron chi connectivity index (χ0n) is 16.1. The normalized spacial score (nSPS) is 15.0. The standard InChI is InChI=1S/C21H24N4O3/c1-15-20(8-5-17-9-12-22-25(15)17)16-3-6-18(7-4-16)28-19-10-13-24(14-11-19)21(26)23-27-2/h3-9,12,19H,10-11,13-14H2,1-2H3,(H,23,26). The molecule has 3 aromatic rings. The minimum Gasteiger partial charge on any atom is -0.490 e. The smallest absolute Gasteiger partial charge is 0.341 e. The molecular formula is C21H24N4O3. The first kappa shape index (κ1) is 18.3. The second kappa shape index (κ2) is 7.90. The Kier molecular flexibility index (Phi) is 5.16. The fourth-order valence-corrected chi connectivity index (χ4v) is 3.66.